The Morgan fingerprint density at radius 1 is 1.40 bits per heavy atom. The maximum Gasteiger partial charge on any atom is 0.252 e. The van der Waals surface area contributed by atoms with E-state index in [0.717, 1.165) is 12.1 Å². The van der Waals surface area contributed by atoms with Crippen molar-refractivity contribution in [2.75, 3.05) is 13.6 Å². The molecular weight excluding hydrogens is 196 g/mol. The van der Waals surface area contributed by atoms with Gasteiger partial charge >= 0.3 is 0 Å². The molecule has 1 N–H and O–H groups in total. The summed E-state index contributed by atoms with van der Waals surface area (Å²) in [7, 11) is 1.88. The Morgan fingerprint density at radius 3 is 2.93 bits per heavy atom. The monoisotopic (exact) mass is 208 g/mol. The largest absolute Gasteiger partial charge is 0.420 e. The summed E-state index contributed by atoms with van der Waals surface area (Å²) in [5.74, 6) is 1.75. The van der Waals surface area contributed by atoms with Gasteiger partial charge in [0.05, 0.1) is 6.20 Å². The molecule has 2 aromatic heterocycles. The van der Waals surface area contributed by atoms with E-state index in [0.29, 0.717) is 24.0 Å². The van der Waals surface area contributed by atoms with Crippen molar-refractivity contribution in [2.45, 2.75) is 13.3 Å². The van der Waals surface area contributed by atoms with E-state index in [1.54, 1.807) is 13.1 Å². The molecule has 6 heteroatoms. The molecule has 0 spiro atoms. The predicted octanol–water partition coefficient (Wildman–Crippen LogP) is 0.795. The minimum Gasteiger partial charge on any atom is -0.420 e. The summed E-state index contributed by atoms with van der Waals surface area (Å²) in [6.45, 7) is 2.62. The topological polar surface area (TPSA) is 77.0 Å². The van der Waals surface area contributed by atoms with Gasteiger partial charge in [0.2, 0.25) is 5.89 Å². The minimum absolute atomic E-state index is 0.458. The van der Waals surface area contributed by atoms with Crippen molar-refractivity contribution in [1.82, 2.24) is 20.7 Å². The number of aromatic nitrogens is 3. The van der Waals surface area contributed by atoms with Crippen LogP contribution in [0.2, 0.25) is 0 Å². The normalized spacial score (nSPS) is 10.8. The fourth-order valence-corrected chi connectivity index (χ4v) is 1.20. The molecular formula is C9H12N4O2. The molecule has 2 heterocycles. The fraction of sp³-hybridized carbons (Fsp3) is 0.444. The first-order valence-corrected chi connectivity index (χ1v) is 4.70. The van der Waals surface area contributed by atoms with E-state index < -0.39 is 0 Å². The number of aryl methyl sites for hydroxylation is 1. The molecule has 0 aliphatic rings. The lowest BCUT2D eigenvalue weighted by molar-refractivity contribution is 0.397. The van der Waals surface area contributed by atoms with E-state index in [1.165, 1.54) is 0 Å². The van der Waals surface area contributed by atoms with E-state index in [4.69, 9.17) is 8.94 Å². The van der Waals surface area contributed by atoms with Crippen LogP contribution in [-0.2, 0) is 6.42 Å². The average Bonchev–Trinajstić information content (AvgIpc) is 2.83. The molecule has 15 heavy (non-hydrogen) atoms. The molecule has 0 saturated heterocycles. The zero-order chi connectivity index (χ0) is 10.7. The quantitative estimate of drug-likeness (QED) is 0.800. The molecule has 0 aromatic carbocycles. The summed E-state index contributed by atoms with van der Waals surface area (Å²) < 4.78 is 10.4. The second kappa shape index (κ2) is 4.22. The van der Waals surface area contributed by atoms with Crippen LogP contribution in [0, 0.1) is 6.92 Å². The Balaban J connectivity index is 2.17. The third-order valence-electron chi connectivity index (χ3n) is 2.04. The van der Waals surface area contributed by atoms with Crippen LogP contribution < -0.4 is 5.32 Å². The van der Waals surface area contributed by atoms with Crippen LogP contribution >= 0.6 is 0 Å². The van der Waals surface area contributed by atoms with E-state index in [2.05, 4.69) is 20.7 Å². The van der Waals surface area contributed by atoms with E-state index >= 15 is 0 Å². The van der Waals surface area contributed by atoms with E-state index in [-0.39, 0.29) is 0 Å². The molecule has 0 aliphatic carbocycles. The lowest BCUT2D eigenvalue weighted by atomic mass is 10.3. The first-order chi connectivity index (χ1) is 7.31. The molecule has 6 nitrogen and oxygen atoms in total. The first kappa shape index (κ1) is 9.85. The Kier molecular flexibility index (Phi) is 2.77. The zero-order valence-corrected chi connectivity index (χ0v) is 8.65. The summed E-state index contributed by atoms with van der Waals surface area (Å²) in [6.07, 6.45) is 2.29. The van der Waals surface area contributed by atoms with Crippen molar-refractivity contribution in [3.63, 3.8) is 0 Å². The van der Waals surface area contributed by atoms with Gasteiger partial charge in [-0.1, -0.05) is 5.16 Å². The van der Waals surface area contributed by atoms with Gasteiger partial charge in [0.1, 0.15) is 11.3 Å². The van der Waals surface area contributed by atoms with Crippen LogP contribution in [-0.4, -0.2) is 28.9 Å². The highest BCUT2D eigenvalue weighted by atomic mass is 16.5. The van der Waals surface area contributed by atoms with Crippen molar-refractivity contribution in [2.24, 2.45) is 0 Å². The van der Waals surface area contributed by atoms with Gasteiger partial charge in [0, 0.05) is 13.0 Å². The van der Waals surface area contributed by atoms with Crippen LogP contribution in [0.25, 0.3) is 11.5 Å². The first-order valence-electron chi connectivity index (χ1n) is 4.70. The second-order valence-electron chi connectivity index (χ2n) is 3.15. The van der Waals surface area contributed by atoms with Gasteiger partial charge in [-0.2, -0.15) is 0 Å². The summed E-state index contributed by atoms with van der Waals surface area (Å²) in [5.41, 5.74) is 0.748. The lowest BCUT2D eigenvalue weighted by Crippen LogP contribution is -2.10. The van der Waals surface area contributed by atoms with Crippen molar-refractivity contribution in [1.29, 1.82) is 0 Å². The van der Waals surface area contributed by atoms with Gasteiger partial charge in [-0.05, 0) is 14.0 Å². The molecule has 0 radical (unpaired) electrons. The Hall–Kier alpha value is -1.69. The molecule has 0 bridgehead atoms. The summed E-state index contributed by atoms with van der Waals surface area (Å²) in [6, 6.07) is 0. The number of rotatable bonds is 4. The molecule has 80 valence electrons. The van der Waals surface area contributed by atoms with Crippen molar-refractivity contribution in [3.05, 3.63) is 17.8 Å². The highest BCUT2D eigenvalue weighted by Crippen LogP contribution is 2.20. The second-order valence-corrected chi connectivity index (χ2v) is 3.15. The number of nitrogens with zero attached hydrogens (tertiary/aromatic N) is 3. The number of hydrogen-bond acceptors (Lipinski definition) is 6. The fourth-order valence-electron chi connectivity index (χ4n) is 1.20. The minimum atomic E-state index is 0.458. The average molecular weight is 208 g/mol. The standard InChI is InChI=1S/C9H12N4O2/c1-6-7(5-11-15-6)9-13-12-8(14-9)3-4-10-2/h5,10H,3-4H2,1-2H3. The third kappa shape index (κ3) is 2.04. The molecule has 0 atom stereocenters. The number of likely N-dealkylation sites (N-methyl/N-ethyl adjacent to an activating group) is 1. The van der Waals surface area contributed by atoms with E-state index in [9.17, 15) is 0 Å². The maximum absolute atomic E-state index is 5.45. The van der Waals surface area contributed by atoms with Crippen LogP contribution in [0.15, 0.2) is 15.1 Å². The van der Waals surface area contributed by atoms with Gasteiger partial charge in [0.25, 0.3) is 5.89 Å². The van der Waals surface area contributed by atoms with Crippen molar-refractivity contribution in [3.8, 4) is 11.5 Å². The van der Waals surface area contributed by atoms with Crippen LogP contribution in [0.1, 0.15) is 11.7 Å². The Bertz CT molecular complexity index is 435. The maximum atomic E-state index is 5.45. The number of nitrogens with one attached hydrogen (secondary N) is 1. The van der Waals surface area contributed by atoms with Crippen LogP contribution in [0.3, 0.4) is 0 Å². The summed E-state index contributed by atoms with van der Waals surface area (Å²) in [5, 5.41) is 14.5. The SMILES string of the molecule is CNCCc1nnc(-c2cnoc2C)o1. The highest BCUT2D eigenvalue weighted by molar-refractivity contribution is 5.52. The van der Waals surface area contributed by atoms with E-state index in [1.807, 2.05) is 7.05 Å². The molecule has 0 amide bonds. The summed E-state index contributed by atoms with van der Waals surface area (Å²) in [4.78, 5) is 0. The van der Waals surface area contributed by atoms with Crippen molar-refractivity contribution >= 4 is 0 Å². The molecule has 0 fully saturated rings. The highest BCUT2D eigenvalue weighted by Gasteiger charge is 2.13. The molecule has 2 rings (SSSR count). The molecule has 2 aromatic rings. The Labute approximate surface area is 86.7 Å². The van der Waals surface area contributed by atoms with Gasteiger partial charge in [-0.25, -0.2) is 0 Å². The molecule has 0 aliphatic heterocycles. The zero-order valence-electron chi connectivity index (χ0n) is 8.65. The van der Waals surface area contributed by atoms with Crippen LogP contribution in [0.5, 0.6) is 0 Å². The van der Waals surface area contributed by atoms with Crippen molar-refractivity contribution < 1.29 is 8.94 Å². The van der Waals surface area contributed by atoms with Gasteiger partial charge in [-0.15, -0.1) is 10.2 Å². The number of hydrogen-bond donors (Lipinski definition) is 1. The van der Waals surface area contributed by atoms with Gasteiger partial charge in [0.15, 0.2) is 0 Å². The lowest BCUT2D eigenvalue weighted by Gasteiger charge is -1.92. The summed E-state index contributed by atoms with van der Waals surface area (Å²) >= 11 is 0. The molecule has 0 unspecified atom stereocenters. The third-order valence-corrected chi connectivity index (χ3v) is 2.04. The smallest absolute Gasteiger partial charge is 0.252 e. The predicted molar refractivity (Wildman–Crippen MR) is 52.2 cm³/mol. The van der Waals surface area contributed by atoms with Crippen LogP contribution in [0.4, 0.5) is 0 Å². The van der Waals surface area contributed by atoms with Gasteiger partial charge < -0.3 is 14.3 Å². The van der Waals surface area contributed by atoms with Gasteiger partial charge in [-0.3, -0.25) is 0 Å². The Morgan fingerprint density at radius 2 is 2.27 bits per heavy atom. The molecule has 0 saturated carbocycles.